The van der Waals surface area contributed by atoms with E-state index in [-0.39, 0.29) is 11.6 Å². The standard InChI is InChI=1S/C12H19N3O/c1-2-9-8-14-11(15-12(9)16)10-6-4-3-5-7-13-10/h8,10,13H,2-7H2,1H3,(H,14,15,16). The van der Waals surface area contributed by atoms with Gasteiger partial charge in [0.25, 0.3) is 5.56 Å². The van der Waals surface area contributed by atoms with Crippen LogP contribution in [0.5, 0.6) is 0 Å². The van der Waals surface area contributed by atoms with Gasteiger partial charge in [0.1, 0.15) is 5.82 Å². The van der Waals surface area contributed by atoms with E-state index in [0.717, 1.165) is 30.8 Å². The first-order valence-electron chi connectivity index (χ1n) is 6.12. The van der Waals surface area contributed by atoms with Crippen molar-refractivity contribution in [2.24, 2.45) is 0 Å². The van der Waals surface area contributed by atoms with Crippen LogP contribution in [-0.2, 0) is 6.42 Å². The second-order valence-corrected chi connectivity index (χ2v) is 4.33. The summed E-state index contributed by atoms with van der Waals surface area (Å²) in [5.74, 6) is 0.795. The summed E-state index contributed by atoms with van der Waals surface area (Å²) in [4.78, 5) is 18.9. The SMILES string of the molecule is CCc1cnc(C2CCCCCN2)[nH]c1=O. The maximum atomic E-state index is 11.7. The van der Waals surface area contributed by atoms with Crippen molar-refractivity contribution in [3.8, 4) is 0 Å². The van der Waals surface area contributed by atoms with Gasteiger partial charge in [0.15, 0.2) is 0 Å². The van der Waals surface area contributed by atoms with Gasteiger partial charge in [-0.05, 0) is 25.8 Å². The lowest BCUT2D eigenvalue weighted by atomic mass is 10.1. The minimum absolute atomic E-state index is 0.0125. The lowest BCUT2D eigenvalue weighted by Gasteiger charge is -2.14. The third-order valence-electron chi connectivity index (χ3n) is 3.16. The van der Waals surface area contributed by atoms with Crippen molar-refractivity contribution in [1.29, 1.82) is 0 Å². The van der Waals surface area contributed by atoms with Gasteiger partial charge in [-0.2, -0.15) is 0 Å². The Kier molecular flexibility index (Phi) is 3.72. The van der Waals surface area contributed by atoms with Crippen LogP contribution in [0.4, 0.5) is 0 Å². The van der Waals surface area contributed by atoms with Gasteiger partial charge in [0.05, 0.1) is 6.04 Å². The van der Waals surface area contributed by atoms with E-state index in [0.29, 0.717) is 0 Å². The topological polar surface area (TPSA) is 57.8 Å². The van der Waals surface area contributed by atoms with E-state index in [4.69, 9.17) is 0 Å². The minimum atomic E-state index is 0.0125. The summed E-state index contributed by atoms with van der Waals surface area (Å²) in [6.07, 6.45) is 7.20. The summed E-state index contributed by atoms with van der Waals surface area (Å²) in [6, 6.07) is 0.223. The third-order valence-corrected chi connectivity index (χ3v) is 3.16. The molecule has 2 rings (SSSR count). The molecule has 0 bridgehead atoms. The molecule has 4 nitrogen and oxygen atoms in total. The van der Waals surface area contributed by atoms with Gasteiger partial charge in [-0.1, -0.05) is 19.8 Å². The Bertz CT molecular complexity index is 391. The van der Waals surface area contributed by atoms with E-state index < -0.39 is 0 Å². The maximum Gasteiger partial charge on any atom is 0.254 e. The number of nitrogens with zero attached hydrogens (tertiary/aromatic N) is 1. The summed E-state index contributed by atoms with van der Waals surface area (Å²) < 4.78 is 0. The van der Waals surface area contributed by atoms with Crippen molar-refractivity contribution >= 4 is 0 Å². The number of aryl methyl sites for hydroxylation is 1. The number of hydrogen-bond acceptors (Lipinski definition) is 3. The average Bonchev–Trinajstić information content (AvgIpc) is 2.57. The Morgan fingerprint density at radius 3 is 3.06 bits per heavy atom. The number of nitrogens with one attached hydrogen (secondary N) is 2. The number of aromatic nitrogens is 2. The largest absolute Gasteiger partial charge is 0.309 e. The molecule has 2 heterocycles. The maximum absolute atomic E-state index is 11.7. The van der Waals surface area contributed by atoms with E-state index in [1.165, 1.54) is 19.3 Å². The van der Waals surface area contributed by atoms with Crippen molar-refractivity contribution < 1.29 is 0 Å². The first kappa shape index (κ1) is 11.3. The highest BCUT2D eigenvalue weighted by atomic mass is 16.1. The Labute approximate surface area is 95.5 Å². The Morgan fingerprint density at radius 2 is 2.31 bits per heavy atom. The summed E-state index contributed by atoms with van der Waals surface area (Å²) in [6.45, 7) is 2.99. The van der Waals surface area contributed by atoms with Gasteiger partial charge in [-0.15, -0.1) is 0 Å². The molecule has 0 aliphatic carbocycles. The molecule has 2 N–H and O–H groups in total. The monoisotopic (exact) mass is 221 g/mol. The van der Waals surface area contributed by atoms with Crippen LogP contribution in [0.1, 0.15) is 50.0 Å². The van der Waals surface area contributed by atoms with E-state index in [1.54, 1.807) is 6.20 Å². The molecule has 0 amide bonds. The molecule has 1 aliphatic rings. The van der Waals surface area contributed by atoms with Crippen LogP contribution in [0.25, 0.3) is 0 Å². The summed E-state index contributed by atoms with van der Waals surface area (Å²) in [5, 5.41) is 3.43. The second kappa shape index (κ2) is 5.25. The molecular weight excluding hydrogens is 202 g/mol. The molecule has 1 aromatic heterocycles. The molecule has 1 unspecified atom stereocenters. The lowest BCUT2D eigenvalue weighted by Crippen LogP contribution is -2.26. The first-order valence-corrected chi connectivity index (χ1v) is 6.12. The molecule has 88 valence electrons. The highest BCUT2D eigenvalue weighted by Crippen LogP contribution is 2.18. The zero-order valence-electron chi connectivity index (χ0n) is 9.75. The van der Waals surface area contributed by atoms with Crippen LogP contribution in [-0.4, -0.2) is 16.5 Å². The quantitative estimate of drug-likeness (QED) is 0.796. The minimum Gasteiger partial charge on any atom is -0.309 e. The molecule has 0 spiro atoms. The van der Waals surface area contributed by atoms with Gasteiger partial charge < -0.3 is 10.3 Å². The van der Waals surface area contributed by atoms with E-state index in [9.17, 15) is 4.79 Å². The van der Waals surface area contributed by atoms with E-state index >= 15 is 0 Å². The lowest BCUT2D eigenvalue weighted by molar-refractivity contribution is 0.505. The Morgan fingerprint density at radius 1 is 1.44 bits per heavy atom. The van der Waals surface area contributed by atoms with Crippen molar-refractivity contribution in [3.05, 3.63) is 27.9 Å². The van der Waals surface area contributed by atoms with Crippen molar-refractivity contribution in [1.82, 2.24) is 15.3 Å². The number of aromatic amines is 1. The van der Waals surface area contributed by atoms with Gasteiger partial charge >= 0.3 is 0 Å². The summed E-state index contributed by atoms with van der Waals surface area (Å²) >= 11 is 0. The number of H-pyrrole nitrogens is 1. The van der Waals surface area contributed by atoms with Crippen LogP contribution < -0.4 is 10.9 Å². The van der Waals surface area contributed by atoms with Gasteiger partial charge in [-0.25, -0.2) is 4.98 Å². The highest BCUT2D eigenvalue weighted by molar-refractivity contribution is 5.07. The van der Waals surface area contributed by atoms with Crippen molar-refractivity contribution in [2.75, 3.05) is 6.54 Å². The van der Waals surface area contributed by atoms with Crippen LogP contribution in [0.3, 0.4) is 0 Å². The fourth-order valence-electron chi connectivity index (χ4n) is 2.13. The molecule has 0 aromatic carbocycles. The number of hydrogen-bond donors (Lipinski definition) is 2. The summed E-state index contributed by atoms with van der Waals surface area (Å²) in [7, 11) is 0. The molecule has 1 fully saturated rings. The van der Waals surface area contributed by atoms with Crippen LogP contribution in [0, 0.1) is 0 Å². The molecular formula is C12H19N3O. The fourth-order valence-corrected chi connectivity index (χ4v) is 2.13. The van der Waals surface area contributed by atoms with Crippen LogP contribution in [0.2, 0.25) is 0 Å². The fraction of sp³-hybridized carbons (Fsp3) is 0.667. The van der Waals surface area contributed by atoms with Gasteiger partial charge in [0, 0.05) is 11.8 Å². The van der Waals surface area contributed by atoms with Crippen molar-refractivity contribution in [3.63, 3.8) is 0 Å². The highest BCUT2D eigenvalue weighted by Gasteiger charge is 2.15. The normalized spacial score (nSPS) is 21.7. The van der Waals surface area contributed by atoms with Crippen molar-refractivity contribution in [2.45, 2.75) is 45.1 Å². The Hall–Kier alpha value is -1.16. The molecule has 0 radical (unpaired) electrons. The molecule has 1 saturated heterocycles. The molecule has 16 heavy (non-hydrogen) atoms. The zero-order valence-corrected chi connectivity index (χ0v) is 9.75. The predicted octanol–water partition coefficient (Wildman–Crippen LogP) is 1.54. The van der Waals surface area contributed by atoms with Crippen LogP contribution in [0.15, 0.2) is 11.0 Å². The molecule has 1 aliphatic heterocycles. The Balaban J connectivity index is 2.19. The average molecular weight is 221 g/mol. The van der Waals surface area contributed by atoms with E-state index in [1.807, 2.05) is 6.92 Å². The third kappa shape index (κ3) is 2.50. The summed E-state index contributed by atoms with van der Waals surface area (Å²) in [5.41, 5.74) is 0.774. The molecule has 1 aromatic rings. The zero-order chi connectivity index (χ0) is 11.4. The van der Waals surface area contributed by atoms with E-state index in [2.05, 4.69) is 15.3 Å². The first-order chi connectivity index (χ1) is 7.81. The smallest absolute Gasteiger partial charge is 0.254 e. The predicted molar refractivity (Wildman–Crippen MR) is 63.4 cm³/mol. The molecule has 1 atom stereocenters. The molecule has 0 saturated carbocycles. The van der Waals surface area contributed by atoms with Gasteiger partial charge in [-0.3, -0.25) is 4.79 Å². The van der Waals surface area contributed by atoms with Crippen LogP contribution >= 0.6 is 0 Å². The van der Waals surface area contributed by atoms with Gasteiger partial charge in [0.2, 0.25) is 0 Å². The second-order valence-electron chi connectivity index (χ2n) is 4.33. The number of rotatable bonds is 2. The molecule has 4 heteroatoms.